The topological polar surface area (TPSA) is 46.3 Å². The van der Waals surface area contributed by atoms with Crippen molar-refractivity contribution < 1.29 is 17.6 Å². The van der Waals surface area contributed by atoms with Crippen LogP contribution in [0, 0.1) is 12.7 Å². The molecule has 3 heterocycles. The summed E-state index contributed by atoms with van der Waals surface area (Å²) in [7, 11) is 0. The average molecular weight is 393 g/mol. The highest BCUT2D eigenvalue weighted by Gasteiger charge is 2.34. The molecule has 0 spiro atoms. The fourth-order valence-electron chi connectivity index (χ4n) is 3.84. The van der Waals surface area contributed by atoms with Crippen LogP contribution in [0.25, 0.3) is 5.78 Å². The Labute approximate surface area is 159 Å². The molecule has 0 bridgehead atoms. The van der Waals surface area contributed by atoms with Gasteiger partial charge < -0.3 is 0 Å². The molecule has 1 saturated heterocycles. The molecule has 1 fully saturated rings. The average Bonchev–Trinajstić information content (AvgIpc) is 3.08. The zero-order valence-electron chi connectivity index (χ0n) is 15.2. The van der Waals surface area contributed by atoms with E-state index in [4.69, 9.17) is 0 Å². The van der Waals surface area contributed by atoms with Crippen molar-refractivity contribution >= 4 is 5.78 Å². The Bertz CT molecular complexity index is 998. The molecule has 28 heavy (non-hydrogen) atoms. The van der Waals surface area contributed by atoms with Crippen LogP contribution < -0.4 is 0 Å². The summed E-state index contributed by atoms with van der Waals surface area (Å²) in [6, 6.07) is 5.14. The number of halogens is 4. The van der Waals surface area contributed by atoms with Crippen LogP contribution in [0.2, 0.25) is 0 Å². The highest BCUT2D eigenvalue weighted by Crippen LogP contribution is 2.32. The van der Waals surface area contributed by atoms with Gasteiger partial charge in [-0.05, 0) is 50.1 Å². The molecule has 1 aromatic carbocycles. The first-order valence-electron chi connectivity index (χ1n) is 9.06. The molecular formula is C19H19F4N5. The third-order valence-electron chi connectivity index (χ3n) is 5.08. The van der Waals surface area contributed by atoms with Gasteiger partial charge in [0.15, 0.2) is 0 Å². The molecule has 1 atom stereocenters. The standard InChI is InChI=1S/C19H19F4N5/c1-12-7-17(28-18(26-12)24-11-25-28)14-3-2-6-27(10-14)9-13-4-5-15(16(20)8-13)19(21,22)23/h4-5,7-8,11,14H,2-3,6,9-10H2,1H3. The van der Waals surface area contributed by atoms with Crippen molar-refractivity contribution in [3.8, 4) is 0 Å². The largest absolute Gasteiger partial charge is 0.419 e. The third kappa shape index (κ3) is 3.71. The van der Waals surface area contributed by atoms with E-state index in [1.807, 2.05) is 13.0 Å². The summed E-state index contributed by atoms with van der Waals surface area (Å²) < 4.78 is 53.8. The van der Waals surface area contributed by atoms with E-state index in [1.54, 1.807) is 4.52 Å². The molecule has 3 aromatic rings. The van der Waals surface area contributed by atoms with E-state index >= 15 is 0 Å². The molecule has 0 radical (unpaired) electrons. The number of benzene rings is 1. The molecule has 0 aliphatic carbocycles. The lowest BCUT2D eigenvalue weighted by Gasteiger charge is -2.33. The number of nitrogens with zero attached hydrogens (tertiary/aromatic N) is 5. The van der Waals surface area contributed by atoms with Gasteiger partial charge >= 0.3 is 6.18 Å². The zero-order valence-corrected chi connectivity index (χ0v) is 15.2. The van der Waals surface area contributed by atoms with E-state index in [2.05, 4.69) is 20.0 Å². The molecular weight excluding hydrogens is 374 g/mol. The molecule has 1 aliphatic rings. The van der Waals surface area contributed by atoms with Crippen LogP contribution in [0.15, 0.2) is 30.6 Å². The van der Waals surface area contributed by atoms with Crippen LogP contribution in [-0.2, 0) is 12.7 Å². The van der Waals surface area contributed by atoms with Gasteiger partial charge in [-0.25, -0.2) is 13.9 Å². The number of aryl methyl sites for hydroxylation is 1. The third-order valence-corrected chi connectivity index (χ3v) is 5.08. The molecule has 1 aliphatic heterocycles. The zero-order chi connectivity index (χ0) is 19.9. The molecule has 5 nitrogen and oxygen atoms in total. The molecule has 2 aromatic heterocycles. The van der Waals surface area contributed by atoms with Gasteiger partial charge in [-0.15, -0.1) is 0 Å². The Morgan fingerprint density at radius 2 is 2.04 bits per heavy atom. The van der Waals surface area contributed by atoms with Crippen LogP contribution in [-0.4, -0.2) is 37.6 Å². The first-order valence-corrected chi connectivity index (χ1v) is 9.06. The minimum Gasteiger partial charge on any atom is -0.298 e. The SMILES string of the molecule is Cc1cc(C2CCCN(Cc3ccc(C(F)(F)F)c(F)c3)C2)n2ncnc2n1. The van der Waals surface area contributed by atoms with Gasteiger partial charge in [-0.3, -0.25) is 4.90 Å². The maximum absolute atomic E-state index is 13.9. The van der Waals surface area contributed by atoms with Crippen LogP contribution in [0.3, 0.4) is 0 Å². The van der Waals surface area contributed by atoms with Crippen LogP contribution in [0.1, 0.15) is 41.3 Å². The summed E-state index contributed by atoms with van der Waals surface area (Å²) >= 11 is 0. The number of hydrogen-bond donors (Lipinski definition) is 0. The number of piperidine rings is 1. The monoisotopic (exact) mass is 393 g/mol. The van der Waals surface area contributed by atoms with Crippen LogP contribution in [0.5, 0.6) is 0 Å². The summed E-state index contributed by atoms with van der Waals surface area (Å²) in [4.78, 5) is 10.6. The number of hydrogen-bond acceptors (Lipinski definition) is 4. The smallest absolute Gasteiger partial charge is 0.298 e. The number of aromatic nitrogens is 4. The summed E-state index contributed by atoms with van der Waals surface area (Å²) in [5.41, 5.74) is 1.18. The number of rotatable bonds is 3. The predicted octanol–water partition coefficient (Wildman–Crippen LogP) is 3.97. The van der Waals surface area contributed by atoms with Gasteiger partial charge in [-0.2, -0.15) is 23.3 Å². The van der Waals surface area contributed by atoms with E-state index in [1.165, 1.54) is 12.4 Å². The maximum atomic E-state index is 13.9. The Hall–Kier alpha value is -2.55. The van der Waals surface area contributed by atoms with Crippen molar-refractivity contribution in [2.75, 3.05) is 13.1 Å². The van der Waals surface area contributed by atoms with Gasteiger partial charge in [0.25, 0.3) is 5.78 Å². The Morgan fingerprint density at radius 3 is 2.79 bits per heavy atom. The quantitative estimate of drug-likeness (QED) is 0.632. The second kappa shape index (κ2) is 7.12. The summed E-state index contributed by atoms with van der Waals surface area (Å²) in [6.07, 6.45) is -1.31. The Morgan fingerprint density at radius 1 is 1.21 bits per heavy atom. The van der Waals surface area contributed by atoms with Crippen molar-refractivity contribution in [1.29, 1.82) is 0 Å². The van der Waals surface area contributed by atoms with Gasteiger partial charge in [0.2, 0.25) is 0 Å². The van der Waals surface area contributed by atoms with E-state index in [-0.39, 0.29) is 5.92 Å². The Kier molecular flexibility index (Phi) is 4.78. The van der Waals surface area contributed by atoms with Crippen molar-refractivity contribution in [2.45, 2.75) is 38.4 Å². The molecule has 1 unspecified atom stereocenters. The minimum atomic E-state index is -4.68. The van der Waals surface area contributed by atoms with Gasteiger partial charge in [0.1, 0.15) is 12.1 Å². The van der Waals surface area contributed by atoms with Gasteiger partial charge in [-0.1, -0.05) is 6.07 Å². The second-order valence-electron chi connectivity index (χ2n) is 7.18. The lowest BCUT2D eigenvalue weighted by atomic mass is 9.93. The van der Waals surface area contributed by atoms with Gasteiger partial charge in [0, 0.05) is 24.7 Å². The van der Waals surface area contributed by atoms with Crippen molar-refractivity contribution in [3.05, 3.63) is 58.9 Å². The fraction of sp³-hybridized carbons (Fsp3) is 0.421. The van der Waals surface area contributed by atoms with Crippen LogP contribution in [0.4, 0.5) is 17.6 Å². The van der Waals surface area contributed by atoms with Crippen molar-refractivity contribution in [1.82, 2.24) is 24.5 Å². The van der Waals surface area contributed by atoms with Crippen molar-refractivity contribution in [2.24, 2.45) is 0 Å². The summed E-state index contributed by atoms with van der Waals surface area (Å²) in [6.45, 7) is 3.82. The minimum absolute atomic E-state index is 0.193. The summed E-state index contributed by atoms with van der Waals surface area (Å²) in [5.74, 6) is -0.483. The number of alkyl halides is 3. The van der Waals surface area contributed by atoms with Crippen molar-refractivity contribution in [3.63, 3.8) is 0 Å². The lowest BCUT2D eigenvalue weighted by Crippen LogP contribution is -2.34. The summed E-state index contributed by atoms with van der Waals surface area (Å²) in [5, 5.41) is 4.26. The molecule has 148 valence electrons. The van der Waals surface area contributed by atoms with E-state index in [9.17, 15) is 17.6 Å². The van der Waals surface area contributed by atoms with E-state index < -0.39 is 17.6 Å². The van der Waals surface area contributed by atoms with Crippen LogP contribution >= 0.6 is 0 Å². The normalized spacial score (nSPS) is 18.7. The molecule has 0 saturated carbocycles. The second-order valence-corrected chi connectivity index (χ2v) is 7.18. The highest BCUT2D eigenvalue weighted by atomic mass is 19.4. The first-order chi connectivity index (χ1) is 13.3. The molecule has 0 N–H and O–H groups in total. The number of fused-ring (bicyclic) bond motifs is 1. The molecule has 4 rings (SSSR count). The van der Waals surface area contributed by atoms with E-state index in [0.29, 0.717) is 24.4 Å². The van der Waals surface area contributed by atoms with Gasteiger partial charge in [0.05, 0.1) is 11.3 Å². The van der Waals surface area contributed by atoms with E-state index in [0.717, 1.165) is 42.9 Å². The Balaban J connectivity index is 1.53. The highest BCUT2D eigenvalue weighted by molar-refractivity contribution is 5.32. The maximum Gasteiger partial charge on any atom is 0.419 e. The first kappa shape index (κ1) is 18.8. The predicted molar refractivity (Wildman–Crippen MR) is 94.2 cm³/mol. The number of likely N-dealkylation sites (tertiary alicyclic amines) is 1. The fourth-order valence-corrected chi connectivity index (χ4v) is 3.84. The lowest BCUT2D eigenvalue weighted by molar-refractivity contribution is -0.140. The molecule has 0 amide bonds. The molecule has 9 heteroatoms.